The van der Waals surface area contributed by atoms with Crippen molar-refractivity contribution in [2.75, 3.05) is 0 Å². The zero-order valence-electron chi connectivity index (χ0n) is 11.9. The highest BCUT2D eigenvalue weighted by molar-refractivity contribution is 5.84. The van der Waals surface area contributed by atoms with Gasteiger partial charge in [0.2, 0.25) is 0 Å². The zero-order valence-corrected chi connectivity index (χ0v) is 11.9. The Morgan fingerprint density at radius 3 is 2.12 bits per heavy atom. The summed E-state index contributed by atoms with van der Waals surface area (Å²) in [7, 11) is 0. The van der Waals surface area contributed by atoms with Crippen LogP contribution in [0.3, 0.4) is 0 Å². The van der Waals surface area contributed by atoms with Crippen LogP contribution in [-0.2, 0) is 0 Å². The van der Waals surface area contributed by atoms with Crippen molar-refractivity contribution in [1.82, 2.24) is 0 Å². The molecule has 0 aliphatic carbocycles. The number of para-hydroxylation sites is 1. The second-order valence-corrected chi connectivity index (χ2v) is 3.09. The molecule has 0 N–H and O–H groups in total. The first kappa shape index (κ1) is 15.5. The van der Waals surface area contributed by atoms with Crippen molar-refractivity contribution < 1.29 is 4.42 Å². The molecule has 1 heterocycles. The number of aryl methyl sites for hydroxylation is 1. The highest BCUT2D eigenvalue weighted by Gasteiger charge is 2.05. The molecule has 0 spiro atoms. The number of benzene rings is 1. The maximum absolute atomic E-state index is 5.65. The molecule has 0 amide bonds. The van der Waals surface area contributed by atoms with E-state index in [0.29, 0.717) is 0 Å². The number of allylic oxidation sites excluding steroid dienone is 1. The van der Waals surface area contributed by atoms with E-state index < -0.39 is 0 Å². The quantitative estimate of drug-likeness (QED) is 0.603. The second kappa shape index (κ2) is 8.63. The number of rotatable bonds is 1. The Hall–Kier alpha value is -1.50. The fraction of sp³-hybridized carbons (Fsp3) is 0.375. The molecular weight excluding hydrogens is 208 g/mol. The Labute approximate surface area is 105 Å². The molecule has 0 aliphatic rings. The van der Waals surface area contributed by atoms with E-state index in [0.717, 1.165) is 11.3 Å². The third-order valence-corrected chi connectivity index (χ3v) is 2.20. The van der Waals surface area contributed by atoms with Crippen LogP contribution in [0.1, 0.15) is 45.9 Å². The van der Waals surface area contributed by atoms with E-state index in [1.165, 1.54) is 10.9 Å². The van der Waals surface area contributed by atoms with Crippen LogP contribution in [0.25, 0.3) is 17.0 Å². The zero-order chi connectivity index (χ0) is 13.3. The van der Waals surface area contributed by atoms with E-state index in [4.69, 9.17) is 4.42 Å². The normalized spacial score (nSPS) is 9.53. The minimum atomic E-state index is 0.962. The van der Waals surface area contributed by atoms with Gasteiger partial charge in [-0.2, -0.15) is 0 Å². The molecule has 0 saturated heterocycles. The predicted octanol–water partition coefficient (Wildman–Crippen LogP) is 5.83. The molecule has 0 saturated carbocycles. The fourth-order valence-electron chi connectivity index (χ4n) is 1.50. The SMILES string of the molecule is C/C=C\c1oc2ccccc2c1C.CC.CC. The van der Waals surface area contributed by atoms with Crippen molar-refractivity contribution in [1.29, 1.82) is 0 Å². The lowest BCUT2D eigenvalue weighted by atomic mass is 10.1. The minimum absolute atomic E-state index is 0.962. The first-order chi connectivity index (χ1) is 8.33. The summed E-state index contributed by atoms with van der Waals surface area (Å²) < 4.78 is 5.65. The van der Waals surface area contributed by atoms with Gasteiger partial charge in [-0.1, -0.05) is 52.0 Å². The number of furan rings is 1. The summed E-state index contributed by atoms with van der Waals surface area (Å²) in [6.07, 6.45) is 3.99. The molecule has 2 aromatic rings. The van der Waals surface area contributed by atoms with Crippen LogP contribution >= 0.6 is 0 Å². The summed E-state index contributed by atoms with van der Waals surface area (Å²) >= 11 is 0. The van der Waals surface area contributed by atoms with E-state index in [1.54, 1.807) is 0 Å². The topological polar surface area (TPSA) is 13.1 Å². The van der Waals surface area contributed by atoms with Gasteiger partial charge in [0.05, 0.1) is 0 Å². The van der Waals surface area contributed by atoms with Gasteiger partial charge in [0.1, 0.15) is 11.3 Å². The summed E-state index contributed by atoms with van der Waals surface area (Å²) in [6.45, 7) is 12.1. The number of hydrogen-bond acceptors (Lipinski definition) is 1. The smallest absolute Gasteiger partial charge is 0.135 e. The molecule has 0 fully saturated rings. The molecule has 1 aromatic heterocycles. The van der Waals surface area contributed by atoms with Crippen LogP contribution in [0.15, 0.2) is 34.8 Å². The van der Waals surface area contributed by atoms with E-state index in [1.807, 2.05) is 65.0 Å². The van der Waals surface area contributed by atoms with E-state index >= 15 is 0 Å². The average molecular weight is 232 g/mol. The van der Waals surface area contributed by atoms with Crippen molar-refractivity contribution >= 4 is 17.0 Å². The maximum atomic E-state index is 5.65. The third-order valence-electron chi connectivity index (χ3n) is 2.20. The van der Waals surface area contributed by atoms with Crippen LogP contribution in [0.4, 0.5) is 0 Å². The molecular formula is C16H24O. The lowest BCUT2D eigenvalue weighted by molar-refractivity contribution is 0.601. The van der Waals surface area contributed by atoms with Crippen molar-refractivity contribution in [3.05, 3.63) is 41.7 Å². The lowest BCUT2D eigenvalue weighted by Gasteiger charge is -1.86. The van der Waals surface area contributed by atoms with Gasteiger partial charge in [0, 0.05) is 10.9 Å². The standard InChI is InChI=1S/C12H12O.2C2H6/c1-3-6-11-9(2)10-7-4-5-8-12(10)13-11;2*1-2/h3-8H,1-2H3;2*1-2H3/b6-3-;;. The number of fused-ring (bicyclic) bond motifs is 1. The number of hydrogen-bond donors (Lipinski definition) is 0. The van der Waals surface area contributed by atoms with Gasteiger partial charge >= 0.3 is 0 Å². The first-order valence-electron chi connectivity index (χ1n) is 6.43. The summed E-state index contributed by atoms with van der Waals surface area (Å²) in [6, 6.07) is 8.10. The van der Waals surface area contributed by atoms with E-state index in [2.05, 4.69) is 13.0 Å². The van der Waals surface area contributed by atoms with Crippen LogP contribution in [-0.4, -0.2) is 0 Å². The van der Waals surface area contributed by atoms with Gasteiger partial charge in [0.15, 0.2) is 0 Å². The maximum Gasteiger partial charge on any atom is 0.135 e. The molecule has 0 radical (unpaired) electrons. The average Bonchev–Trinajstić information content (AvgIpc) is 2.73. The third kappa shape index (κ3) is 3.77. The van der Waals surface area contributed by atoms with Gasteiger partial charge < -0.3 is 4.42 Å². The Morgan fingerprint density at radius 1 is 1.00 bits per heavy atom. The van der Waals surface area contributed by atoms with Gasteiger partial charge in [-0.3, -0.25) is 0 Å². The summed E-state index contributed by atoms with van der Waals surface area (Å²) in [5.41, 5.74) is 2.18. The molecule has 0 aliphatic heterocycles. The molecule has 0 bridgehead atoms. The van der Waals surface area contributed by atoms with Crippen molar-refractivity contribution in [3.63, 3.8) is 0 Å². The highest BCUT2D eigenvalue weighted by atomic mass is 16.3. The largest absolute Gasteiger partial charge is 0.456 e. The molecule has 0 unspecified atom stereocenters. The van der Waals surface area contributed by atoms with E-state index in [9.17, 15) is 0 Å². The van der Waals surface area contributed by atoms with Crippen LogP contribution in [0, 0.1) is 6.92 Å². The Balaban J connectivity index is 0.000000581. The summed E-state index contributed by atoms with van der Waals surface area (Å²) in [5.74, 6) is 0.962. The molecule has 94 valence electrons. The Kier molecular flexibility index (Phi) is 7.87. The van der Waals surface area contributed by atoms with Gasteiger partial charge in [-0.05, 0) is 26.0 Å². The fourth-order valence-corrected chi connectivity index (χ4v) is 1.50. The summed E-state index contributed by atoms with van der Waals surface area (Å²) in [4.78, 5) is 0. The highest BCUT2D eigenvalue weighted by Crippen LogP contribution is 2.25. The van der Waals surface area contributed by atoms with Crippen molar-refractivity contribution in [3.8, 4) is 0 Å². The monoisotopic (exact) mass is 232 g/mol. The predicted molar refractivity (Wildman–Crippen MR) is 78.4 cm³/mol. The molecule has 0 atom stereocenters. The molecule has 2 rings (SSSR count). The molecule has 1 heteroatoms. The molecule has 17 heavy (non-hydrogen) atoms. The Morgan fingerprint density at radius 2 is 1.59 bits per heavy atom. The summed E-state index contributed by atoms with van der Waals surface area (Å²) in [5, 5.41) is 1.20. The van der Waals surface area contributed by atoms with Gasteiger partial charge in [-0.15, -0.1) is 0 Å². The first-order valence-corrected chi connectivity index (χ1v) is 6.43. The minimum Gasteiger partial charge on any atom is -0.456 e. The van der Waals surface area contributed by atoms with Crippen LogP contribution in [0.2, 0.25) is 0 Å². The second-order valence-electron chi connectivity index (χ2n) is 3.09. The van der Waals surface area contributed by atoms with Crippen LogP contribution in [0.5, 0.6) is 0 Å². The lowest BCUT2D eigenvalue weighted by Crippen LogP contribution is -1.70. The molecule has 1 nitrogen and oxygen atoms in total. The van der Waals surface area contributed by atoms with E-state index in [-0.39, 0.29) is 0 Å². The van der Waals surface area contributed by atoms with Gasteiger partial charge in [0.25, 0.3) is 0 Å². The van der Waals surface area contributed by atoms with Crippen molar-refractivity contribution in [2.45, 2.75) is 41.5 Å². The Bertz CT molecular complexity index is 449. The molecule has 1 aromatic carbocycles. The van der Waals surface area contributed by atoms with Crippen molar-refractivity contribution in [2.24, 2.45) is 0 Å². The van der Waals surface area contributed by atoms with Crippen LogP contribution < -0.4 is 0 Å². The van der Waals surface area contributed by atoms with Gasteiger partial charge in [-0.25, -0.2) is 0 Å².